The van der Waals surface area contributed by atoms with Gasteiger partial charge in [0.15, 0.2) is 0 Å². The molecule has 0 saturated heterocycles. The summed E-state index contributed by atoms with van der Waals surface area (Å²) in [6.07, 6.45) is 14.3. The van der Waals surface area contributed by atoms with Crippen LogP contribution in [0.15, 0.2) is 0 Å². The zero-order chi connectivity index (χ0) is 20.7. The van der Waals surface area contributed by atoms with E-state index in [1.165, 1.54) is 64.2 Å². The summed E-state index contributed by atoms with van der Waals surface area (Å²) in [5.41, 5.74) is 0. The zero-order valence-corrected chi connectivity index (χ0v) is 19.5. The number of rotatable bonds is 23. The molecule has 28 heavy (non-hydrogen) atoms. The van der Waals surface area contributed by atoms with E-state index in [0.29, 0.717) is 45.7 Å². The molecule has 0 saturated carbocycles. The van der Waals surface area contributed by atoms with Crippen LogP contribution in [0.2, 0.25) is 0 Å². The zero-order valence-electron chi connectivity index (χ0n) is 19.5. The highest BCUT2D eigenvalue weighted by atomic mass is 16.6. The average Bonchev–Trinajstić information content (AvgIpc) is 2.71. The summed E-state index contributed by atoms with van der Waals surface area (Å²) >= 11 is 0. The molecule has 0 bridgehead atoms. The maximum absolute atomic E-state index is 6.07. The molecule has 0 N–H and O–H groups in total. The van der Waals surface area contributed by atoms with Crippen molar-refractivity contribution in [2.24, 2.45) is 5.92 Å². The van der Waals surface area contributed by atoms with Crippen molar-refractivity contribution in [2.45, 2.75) is 104 Å². The number of ether oxygens (including phenoxy) is 4. The minimum Gasteiger partial charge on any atom is -0.379 e. The molecule has 0 radical (unpaired) electrons. The van der Waals surface area contributed by atoms with Crippen LogP contribution in [0.1, 0.15) is 98.3 Å². The summed E-state index contributed by atoms with van der Waals surface area (Å²) in [6.45, 7) is 13.8. The first-order valence-electron chi connectivity index (χ1n) is 12.1. The van der Waals surface area contributed by atoms with Gasteiger partial charge in [0.2, 0.25) is 0 Å². The van der Waals surface area contributed by atoms with Gasteiger partial charge in [-0.3, -0.25) is 0 Å². The van der Waals surface area contributed by atoms with Crippen molar-refractivity contribution in [1.82, 2.24) is 0 Å². The minimum absolute atomic E-state index is 0.411. The molecule has 0 amide bonds. The molecule has 0 aliphatic rings. The van der Waals surface area contributed by atoms with E-state index in [1.54, 1.807) is 0 Å². The van der Waals surface area contributed by atoms with Crippen LogP contribution >= 0.6 is 0 Å². The van der Waals surface area contributed by atoms with Gasteiger partial charge < -0.3 is 18.9 Å². The predicted molar refractivity (Wildman–Crippen MR) is 119 cm³/mol. The Morgan fingerprint density at radius 3 is 1.68 bits per heavy atom. The van der Waals surface area contributed by atoms with Gasteiger partial charge in [0.25, 0.3) is 0 Å². The quantitative estimate of drug-likeness (QED) is 0.185. The van der Waals surface area contributed by atoms with E-state index in [-0.39, 0.29) is 0 Å². The van der Waals surface area contributed by atoms with Crippen LogP contribution in [0.5, 0.6) is 0 Å². The van der Waals surface area contributed by atoms with E-state index in [2.05, 4.69) is 27.7 Å². The summed E-state index contributed by atoms with van der Waals surface area (Å²) in [6, 6.07) is 0. The Morgan fingerprint density at radius 2 is 1.07 bits per heavy atom. The fraction of sp³-hybridized carbons (Fsp3) is 1.00. The second-order valence-electron chi connectivity index (χ2n) is 7.98. The molecular formula is C24H50O4. The molecule has 0 aromatic carbocycles. The van der Waals surface area contributed by atoms with E-state index in [1.807, 2.05) is 0 Å². The molecule has 0 heterocycles. The highest BCUT2D eigenvalue weighted by Crippen LogP contribution is 2.14. The topological polar surface area (TPSA) is 36.9 Å². The van der Waals surface area contributed by atoms with Crippen molar-refractivity contribution in [2.75, 3.05) is 46.2 Å². The molecule has 170 valence electrons. The summed E-state index contributed by atoms with van der Waals surface area (Å²) < 4.78 is 22.8. The van der Waals surface area contributed by atoms with Crippen molar-refractivity contribution in [1.29, 1.82) is 0 Å². The van der Waals surface area contributed by atoms with E-state index in [0.717, 1.165) is 18.9 Å². The third kappa shape index (κ3) is 20.6. The molecule has 2 unspecified atom stereocenters. The van der Waals surface area contributed by atoms with Gasteiger partial charge >= 0.3 is 0 Å². The van der Waals surface area contributed by atoms with Gasteiger partial charge in [-0.25, -0.2) is 0 Å². The Hall–Kier alpha value is -0.160. The molecule has 0 spiro atoms. The maximum atomic E-state index is 6.07. The highest BCUT2D eigenvalue weighted by molar-refractivity contribution is 4.59. The number of hydrogen-bond acceptors (Lipinski definition) is 4. The lowest BCUT2D eigenvalue weighted by Crippen LogP contribution is -2.18. The van der Waals surface area contributed by atoms with Crippen molar-refractivity contribution in [3.63, 3.8) is 0 Å². The second kappa shape index (κ2) is 23.1. The van der Waals surface area contributed by atoms with Crippen LogP contribution in [-0.4, -0.2) is 52.4 Å². The molecule has 4 heteroatoms. The molecule has 0 aliphatic heterocycles. The van der Waals surface area contributed by atoms with Gasteiger partial charge in [-0.15, -0.1) is 0 Å². The Bertz CT molecular complexity index is 286. The number of hydrogen-bond donors (Lipinski definition) is 0. The molecule has 2 atom stereocenters. The van der Waals surface area contributed by atoms with Crippen molar-refractivity contribution >= 4 is 0 Å². The Balaban J connectivity index is 3.45. The standard InChI is InChI=1S/C24H50O4/c1-5-8-10-11-12-14-24(13-9-6-2)28-22-21-27-20-19-26-18-17-25-16-15-23(4)7-3/h23-24H,5-22H2,1-4H3. The lowest BCUT2D eigenvalue weighted by atomic mass is 10.0. The molecule has 4 nitrogen and oxygen atoms in total. The van der Waals surface area contributed by atoms with E-state index in [4.69, 9.17) is 18.9 Å². The monoisotopic (exact) mass is 402 g/mol. The molecule has 0 rings (SSSR count). The van der Waals surface area contributed by atoms with Gasteiger partial charge in [-0.2, -0.15) is 0 Å². The van der Waals surface area contributed by atoms with Crippen molar-refractivity contribution < 1.29 is 18.9 Å². The number of unbranched alkanes of at least 4 members (excludes halogenated alkanes) is 5. The summed E-state index contributed by atoms with van der Waals surface area (Å²) in [5, 5.41) is 0. The first-order valence-corrected chi connectivity index (χ1v) is 12.1. The van der Waals surface area contributed by atoms with Crippen LogP contribution in [0.3, 0.4) is 0 Å². The van der Waals surface area contributed by atoms with E-state index >= 15 is 0 Å². The SMILES string of the molecule is CCCCCCCC(CCCC)OCCOCCOCCOCCC(C)CC. The van der Waals surface area contributed by atoms with Gasteiger partial charge in [0.1, 0.15) is 0 Å². The van der Waals surface area contributed by atoms with Crippen molar-refractivity contribution in [3.05, 3.63) is 0 Å². The second-order valence-corrected chi connectivity index (χ2v) is 7.98. The Morgan fingerprint density at radius 1 is 0.536 bits per heavy atom. The average molecular weight is 403 g/mol. The molecular weight excluding hydrogens is 352 g/mol. The van der Waals surface area contributed by atoms with Gasteiger partial charge in [-0.05, 0) is 25.2 Å². The van der Waals surface area contributed by atoms with Gasteiger partial charge in [0.05, 0.1) is 45.7 Å². The largest absolute Gasteiger partial charge is 0.379 e. The maximum Gasteiger partial charge on any atom is 0.0704 e. The van der Waals surface area contributed by atoms with Crippen LogP contribution in [-0.2, 0) is 18.9 Å². The summed E-state index contributed by atoms with van der Waals surface area (Å²) in [4.78, 5) is 0. The first-order chi connectivity index (χ1) is 13.7. The lowest BCUT2D eigenvalue weighted by molar-refractivity contribution is -0.0236. The van der Waals surface area contributed by atoms with Gasteiger partial charge in [-0.1, -0.05) is 79.1 Å². The predicted octanol–water partition coefficient (Wildman–Crippen LogP) is 6.41. The molecule has 0 aromatic rings. The molecule has 0 aliphatic carbocycles. The summed E-state index contributed by atoms with van der Waals surface area (Å²) in [5.74, 6) is 0.749. The van der Waals surface area contributed by atoms with Crippen molar-refractivity contribution in [3.8, 4) is 0 Å². The minimum atomic E-state index is 0.411. The molecule has 0 aromatic heterocycles. The van der Waals surface area contributed by atoms with Crippen LogP contribution < -0.4 is 0 Å². The van der Waals surface area contributed by atoms with Crippen LogP contribution in [0.4, 0.5) is 0 Å². The highest BCUT2D eigenvalue weighted by Gasteiger charge is 2.08. The normalized spacial score (nSPS) is 13.7. The van der Waals surface area contributed by atoms with Crippen LogP contribution in [0.25, 0.3) is 0 Å². The Labute approximate surface area is 176 Å². The Kier molecular flexibility index (Phi) is 23.0. The fourth-order valence-electron chi connectivity index (χ4n) is 3.02. The summed E-state index contributed by atoms with van der Waals surface area (Å²) in [7, 11) is 0. The van der Waals surface area contributed by atoms with Crippen LogP contribution in [0, 0.1) is 5.92 Å². The third-order valence-corrected chi connectivity index (χ3v) is 5.29. The lowest BCUT2D eigenvalue weighted by Gasteiger charge is -2.18. The molecule has 0 fully saturated rings. The first kappa shape index (κ1) is 27.8. The fourth-order valence-corrected chi connectivity index (χ4v) is 3.02. The van der Waals surface area contributed by atoms with E-state index < -0.39 is 0 Å². The van der Waals surface area contributed by atoms with E-state index in [9.17, 15) is 0 Å². The smallest absolute Gasteiger partial charge is 0.0704 e. The third-order valence-electron chi connectivity index (χ3n) is 5.29. The van der Waals surface area contributed by atoms with Gasteiger partial charge in [0, 0.05) is 6.61 Å².